The Morgan fingerprint density at radius 3 is 2.21 bits per heavy atom. The zero-order valence-corrected chi connectivity index (χ0v) is 13.7. The van der Waals surface area contributed by atoms with E-state index in [-0.39, 0.29) is 12.5 Å². The summed E-state index contributed by atoms with van der Waals surface area (Å²) in [7, 11) is 3.88. The van der Waals surface area contributed by atoms with Crippen LogP contribution in [0.1, 0.15) is 11.5 Å². The summed E-state index contributed by atoms with van der Waals surface area (Å²) in [4.78, 5) is 25.3. The lowest BCUT2D eigenvalue weighted by atomic mass is 9.98. The quantitative estimate of drug-likeness (QED) is 0.762. The molecule has 2 aromatic carbocycles. The lowest BCUT2D eigenvalue weighted by Gasteiger charge is -2.18. The van der Waals surface area contributed by atoms with E-state index in [1.165, 1.54) is 0 Å². The number of rotatable bonds is 6. The maximum Gasteiger partial charge on any atom is 0.404 e. The van der Waals surface area contributed by atoms with E-state index < -0.39 is 12.0 Å². The number of nitrogens with zero attached hydrogens (tertiary/aromatic N) is 1. The second-order valence-electron chi connectivity index (χ2n) is 5.58. The Balaban J connectivity index is 2.13. The van der Waals surface area contributed by atoms with E-state index in [0.29, 0.717) is 5.69 Å². The maximum absolute atomic E-state index is 12.6. The van der Waals surface area contributed by atoms with E-state index >= 15 is 0 Å². The standard InChI is InChI=1S/C18H21N3O3/c1-21(2)15-10-8-14(9-11-15)20-17(22)16(12-19-18(23)24)13-6-4-3-5-7-13/h3-11,16,19H,12H2,1-2H3,(H,20,22)(H,23,24)/t16-/m1/s1. The number of carbonyl (C=O) groups is 2. The number of amides is 2. The fourth-order valence-corrected chi connectivity index (χ4v) is 2.31. The molecule has 2 amide bonds. The van der Waals surface area contributed by atoms with Gasteiger partial charge in [0.25, 0.3) is 0 Å². The molecule has 0 bridgehead atoms. The summed E-state index contributed by atoms with van der Waals surface area (Å²) in [6.07, 6.45) is -1.15. The van der Waals surface area contributed by atoms with E-state index in [4.69, 9.17) is 5.11 Å². The molecule has 6 nitrogen and oxygen atoms in total. The van der Waals surface area contributed by atoms with Gasteiger partial charge >= 0.3 is 6.09 Å². The summed E-state index contributed by atoms with van der Waals surface area (Å²) >= 11 is 0. The number of carbonyl (C=O) groups excluding carboxylic acids is 1. The van der Waals surface area contributed by atoms with Crippen LogP contribution in [0.2, 0.25) is 0 Å². The highest BCUT2D eigenvalue weighted by Gasteiger charge is 2.21. The fraction of sp³-hybridized carbons (Fsp3) is 0.222. The molecule has 0 aromatic heterocycles. The van der Waals surface area contributed by atoms with Crippen molar-refractivity contribution in [2.75, 3.05) is 30.9 Å². The minimum atomic E-state index is -1.15. The van der Waals surface area contributed by atoms with Crippen molar-refractivity contribution in [3.63, 3.8) is 0 Å². The third-order valence-electron chi connectivity index (χ3n) is 3.63. The van der Waals surface area contributed by atoms with Crippen LogP contribution in [0.5, 0.6) is 0 Å². The van der Waals surface area contributed by atoms with Crippen LogP contribution in [0.15, 0.2) is 54.6 Å². The summed E-state index contributed by atoms with van der Waals surface area (Å²) in [6, 6.07) is 16.6. The maximum atomic E-state index is 12.6. The first kappa shape index (κ1) is 17.3. The average Bonchev–Trinajstić information content (AvgIpc) is 2.56. The Morgan fingerprint density at radius 1 is 1.04 bits per heavy atom. The van der Waals surface area contributed by atoms with Gasteiger partial charge in [0.15, 0.2) is 0 Å². The zero-order valence-electron chi connectivity index (χ0n) is 13.7. The SMILES string of the molecule is CN(C)c1ccc(NC(=O)[C@H](CNC(=O)O)c2ccccc2)cc1. The van der Waals surface area contributed by atoms with Crippen LogP contribution < -0.4 is 15.5 Å². The molecule has 126 valence electrons. The van der Waals surface area contributed by atoms with Gasteiger partial charge in [0.2, 0.25) is 5.91 Å². The Hall–Kier alpha value is -3.02. The molecule has 0 heterocycles. The Kier molecular flexibility index (Phi) is 5.78. The van der Waals surface area contributed by atoms with Crippen molar-refractivity contribution >= 4 is 23.4 Å². The van der Waals surface area contributed by atoms with Crippen molar-refractivity contribution in [3.05, 3.63) is 60.2 Å². The topological polar surface area (TPSA) is 81.7 Å². The van der Waals surface area contributed by atoms with Gasteiger partial charge in [-0.15, -0.1) is 0 Å². The summed E-state index contributed by atoms with van der Waals surface area (Å²) in [5.74, 6) is -0.858. The van der Waals surface area contributed by atoms with Gasteiger partial charge in [0, 0.05) is 32.0 Å². The third kappa shape index (κ3) is 4.74. The minimum Gasteiger partial charge on any atom is -0.465 e. The second kappa shape index (κ2) is 8.01. The van der Waals surface area contributed by atoms with E-state index in [9.17, 15) is 9.59 Å². The van der Waals surface area contributed by atoms with Crippen molar-refractivity contribution in [2.45, 2.75) is 5.92 Å². The number of anilines is 2. The van der Waals surface area contributed by atoms with Crippen LogP contribution in [-0.2, 0) is 4.79 Å². The molecule has 0 saturated heterocycles. The molecule has 0 aliphatic heterocycles. The normalized spacial score (nSPS) is 11.4. The predicted molar refractivity (Wildman–Crippen MR) is 94.6 cm³/mol. The van der Waals surface area contributed by atoms with Gasteiger partial charge in [-0.1, -0.05) is 30.3 Å². The largest absolute Gasteiger partial charge is 0.465 e. The molecule has 0 fully saturated rings. The number of hydrogen-bond donors (Lipinski definition) is 3. The van der Waals surface area contributed by atoms with Gasteiger partial charge in [-0.2, -0.15) is 0 Å². The Morgan fingerprint density at radius 2 is 1.67 bits per heavy atom. The molecule has 0 unspecified atom stereocenters. The first-order valence-corrected chi connectivity index (χ1v) is 7.57. The van der Waals surface area contributed by atoms with Crippen molar-refractivity contribution in [1.82, 2.24) is 5.32 Å². The lowest BCUT2D eigenvalue weighted by Crippen LogP contribution is -2.33. The van der Waals surface area contributed by atoms with Crippen LogP contribution in [-0.4, -0.2) is 37.7 Å². The molecule has 24 heavy (non-hydrogen) atoms. The van der Waals surface area contributed by atoms with Crippen LogP contribution in [0, 0.1) is 0 Å². The molecule has 0 saturated carbocycles. The second-order valence-corrected chi connectivity index (χ2v) is 5.58. The van der Waals surface area contributed by atoms with E-state index in [2.05, 4.69) is 10.6 Å². The smallest absolute Gasteiger partial charge is 0.404 e. The zero-order chi connectivity index (χ0) is 17.5. The summed E-state index contributed by atoms with van der Waals surface area (Å²) in [5, 5.41) is 13.9. The highest BCUT2D eigenvalue weighted by atomic mass is 16.4. The molecule has 0 aliphatic carbocycles. The molecule has 0 spiro atoms. The predicted octanol–water partition coefficient (Wildman–Crippen LogP) is 2.74. The first-order valence-electron chi connectivity index (χ1n) is 7.57. The number of benzene rings is 2. The molecule has 2 aromatic rings. The monoisotopic (exact) mass is 327 g/mol. The summed E-state index contributed by atoms with van der Waals surface area (Å²) in [6.45, 7) is 0.0148. The summed E-state index contributed by atoms with van der Waals surface area (Å²) < 4.78 is 0. The average molecular weight is 327 g/mol. The number of carboxylic acid groups (broad SMARTS) is 1. The van der Waals surface area contributed by atoms with Gasteiger partial charge in [0.1, 0.15) is 0 Å². The van der Waals surface area contributed by atoms with Crippen molar-refractivity contribution in [1.29, 1.82) is 0 Å². The van der Waals surface area contributed by atoms with E-state index in [1.54, 1.807) is 0 Å². The highest BCUT2D eigenvalue weighted by molar-refractivity contribution is 5.96. The van der Waals surface area contributed by atoms with Gasteiger partial charge < -0.3 is 20.6 Å². The number of hydrogen-bond acceptors (Lipinski definition) is 3. The Bertz CT molecular complexity index is 684. The van der Waals surface area contributed by atoms with Crippen molar-refractivity contribution < 1.29 is 14.7 Å². The van der Waals surface area contributed by atoms with Gasteiger partial charge in [-0.05, 0) is 29.8 Å². The molecular weight excluding hydrogens is 306 g/mol. The van der Waals surface area contributed by atoms with Crippen molar-refractivity contribution in [3.8, 4) is 0 Å². The van der Waals surface area contributed by atoms with Gasteiger partial charge in [0.05, 0.1) is 5.92 Å². The van der Waals surface area contributed by atoms with Crippen LogP contribution in [0.25, 0.3) is 0 Å². The molecule has 6 heteroatoms. The molecule has 3 N–H and O–H groups in total. The van der Waals surface area contributed by atoms with E-state index in [1.807, 2.05) is 73.6 Å². The molecular formula is C18H21N3O3. The van der Waals surface area contributed by atoms with Crippen LogP contribution in [0.4, 0.5) is 16.2 Å². The Labute approximate surface area is 141 Å². The molecule has 0 aliphatic rings. The lowest BCUT2D eigenvalue weighted by molar-refractivity contribution is -0.117. The highest BCUT2D eigenvalue weighted by Crippen LogP contribution is 2.20. The molecule has 2 rings (SSSR count). The van der Waals surface area contributed by atoms with Gasteiger partial charge in [-0.3, -0.25) is 4.79 Å². The fourth-order valence-electron chi connectivity index (χ4n) is 2.31. The number of nitrogens with one attached hydrogen (secondary N) is 2. The van der Waals surface area contributed by atoms with Crippen LogP contribution >= 0.6 is 0 Å². The first-order chi connectivity index (χ1) is 11.5. The van der Waals surface area contributed by atoms with E-state index in [0.717, 1.165) is 11.3 Å². The third-order valence-corrected chi connectivity index (χ3v) is 3.63. The summed E-state index contributed by atoms with van der Waals surface area (Å²) in [5.41, 5.74) is 2.45. The van der Waals surface area contributed by atoms with Crippen LogP contribution in [0.3, 0.4) is 0 Å². The van der Waals surface area contributed by atoms with Crippen molar-refractivity contribution in [2.24, 2.45) is 0 Å². The molecule has 1 atom stereocenters. The van der Waals surface area contributed by atoms with Gasteiger partial charge in [-0.25, -0.2) is 4.79 Å². The molecule has 0 radical (unpaired) electrons. The minimum absolute atomic E-state index is 0.0148.